The molecular formula is C26H27N7O. The Morgan fingerprint density at radius 3 is 1.82 bits per heavy atom. The van der Waals surface area contributed by atoms with Crippen molar-refractivity contribution in [1.29, 1.82) is 0 Å². The molecule has 1 fully saturated rings. The summed E-state index contributed by atoms with van der Waals surface area (Å²) in [5, 5.41) is 0. The summed E-state index contributed by atoms with van der Waals surface area (Å²) in [6.45, 7) is 5.67. The highest BCUT2D eigenvalue weighted by molar-refractivity contribution is 5.68. The Hall–Kier alpha value is -3.91. The second kappa shape index (κ2) is 9.93. The van der Waals surface area contributed by atoms with E-state index in [1.54, 1.807) is 0 Å². The fourth-order valence-electron chi connectivity index (χ4n) is 3.80. The first-order valence-corrected chi connectivity index (χ1v) is 11.5. The summed E-state index contributed by atoms with van der Waals surface area (Å²) in [5.74, 6) is 1.32. The number of benzene rings is 2. The molecule has 1 aliphatic heterocycles. The molecule has 0 bridgehead atoms. The standard InChI is InChI=1S/C26H27N7O/c1-3-23-29-24(33-16-14-32(2)15-17-33)31-26(30-23)34-25-27-21(19-10-6-4-7-11-19)18-22(28-25)20-12-8-5-9-13-20/h4-13,18H,3,14-17H2,1-2H3. The lowest BCUT2D eigenvalue weighted by atomic mass is 10.1. The van der Waals surface area contributed by atoms with Gasteiger partial charge in [-0.1, -0.05) is 67.6 Å². The van der Waals surface area contributed by atoms with Crippen LogP contribution in [0.2, 0.25) is 0 Å². The van der Waals surface area contributed by atoms with Crippen molar-refractivity contribution in [3.63, 3.8) is 0 Å². The minimum atomic E-state index is 0.206. The molecule has 0 saturated carbocycles. The van der Waals surface area contributed by atoms with Gasteiger partial charge in [0, 0.05) is 43.7 Å². The molecule has 8 nitrogen and oxygen atoms in total. The molecule has 0 spiro atoms. The number of hydrogen-bond acceptors (Lipinski definition) is 8. The minimum absolute atomic E-state index is 0.206. The normalized spacial score (nSPS) is 14.2. The maximum absolute atomic E-state index is 6.08. The highest BCUT2D eigenvalue weighted by Gasteiger charge is 2.20. The van der Waals surface area contributed by atoms with Crippen LogP contribution in [0.4, 0.5) is 5.95 Å². The van der Waals surface area contributed by atoms with Crippen LogP contribution in [0.15, 0.2) is 66.7 Å². The van der Waals surface area contributed by atoms with Gasteiger partial charge in [0.25, 0.3) is 0 Å². The molecule has 1 saturated heterocycles. The number of anilines is 1. The average Bonchev–Trinajstić information content (AvgIpc) is 2.89. The number of likely N-dealkylation sites (N-methyl/N-ethyl adjacent to an activating group) is 1. The van der Waals surface area contributed by atoms with Crippen LogP contribution in [0.25, 0.3) is 22.5 Å². The zero-order valence-corrected chi connectivity index (χ0v) is 19.4. The van der Waals surface area contributed by atoms with Crippen LogP contribution in [0.1, 0.15) is 12.7 Å². The minimum Gasteiger partial charge on any atom is -0.388 e. The first-order chi connectivity index (χ1) is 16.7. The van der Waals surface area contributed by atoms with Crippen LogP contribution >= 0.6 is 0 Å². The van der Waals surface area contributed by atoms with Crippen molar-refractivity contribution in [2.45, 2.75) is 13.3 Å². The second-order valence-electron chi connectivity index (χ2n) is 8.23. The fraction of sp³-hybridized carbons (Fsp3) is 0.269. The van der Waals surface area contributed by atoms with Crippen molar-refractivity contribution in [3.05, 3.63) is 72.6 Å². The number of ether oxygens (including phenoxy) is 1. The van der Waals surface area contributed by atoms with E-state index in [-0.39, 0.29) is 12.0 Å². The average molecular weight is 454 g/mol. The number of piperazine rings is 1. The van der Waals surface area contributed by atoms with Gasteiger partial charge >= 0.3 is 12.0 Å². The lowest BCUT2D eigenvalue weighted by Crippen LogP contribution is -2.45. The Labute approximate surface area is 199 Å². The fourth-order valence-corrected chi connectivity index (χ4v) is 3.80. The molecule has 4 aromatic rings. The maximum Gasteiger partial charge on any atom is 0.329 e. The molecule has 0 amide bonds. The van der Waals surface area contributed by atoms with Crippen molar-refractivity contribution in [2.75, 3.05) is 38.1 Å². The predicted octanol–water partition coefficient (Wildman–Crippen LogP) is 4.10. The van der Waals surface area contributed by atoms with Crippen LogP contribution < -0.4 is 9.64 Å². The number of hydrogen-bond donors (Lipinski definition) is 0. The van der Waals surface area contributed by atoms with Gasteiger partial charge in [0.2, 0.25) is 5.95 Å². The van der Waals surface area contributed by atoms with Crippen molar-refractivity contribution in [1.82, 2.24) is 29.8 Å². The molecule has 0 atom stereocenters. The number of rotatable bonds is 6. The van der Waals surface area contributed by atoms with Crippen molar-refractivity contribution >= 4 is 5.95 Å². The summed E-state index contributed by atoms with van der Waals surface area (Å²) in [6.07, 6.45) is 0.680. The summed E-state index contributed by atoms with van der Waals surface area (Å²) >= 11 is 0. The van der Waals surface area contributed by atoms with Gasteiger partial charge in [-0.2, -0.15) is 24.9 Å². The van der Waals surface area contributed by atoms with Crippen LogP contribution in [0, 0.1) is 0 Å². The number of aryl methyl sites for hydroxylation is 1. The third-order valence-electron chi connectivity index (χ3n) is 5.78. The molecule has 1 aliphatic rings. The SMILES string of the molecule is CCc1nc(Oc2nc(-c3ccccc3)cc(-c3ccccc3)n2)nc(N2CCN(C)CC2)n1. The summed E-state index contributed by atoms with van der Waals surface area (Å²) in [7, 11) is 2.12. The number of aromatic nitrogens is 5. The van der Waals surface area contributed by atoms with Gasteiger partial charge in [-0.3, -0.25) is 0 Å². The highest BCUT2D eigenvalue weighted by Crippen LogP contribution is 2.27. The first-order valence-electron chi connectivity index (χ1n) is 11.5. The lowest BCUT2D eigenvalue weighted by Gasteiger charge is -2.32. The molecule has 8 heteroatoms. The van der Waals surface area contributed by atoms with Gasteiger partial charge in [0.15, 0.2) is 0 Å². The summed E-state index contributed by atoms with van der Waals surface area (Å²) in [6, 6.07) is 22.4. The highest BCUT2D eigenvalue weighted by atomic mass is 16.5. The zero-order valence-electron chi connectivity index (χ0n) is 19.4. The monoisotopic (exact) mass is 453 g/mol. The molecule has 5 rings (SSSR count). The van der Waals surface area contributed by atoms with E-state index in [4.69, 9.17) is 4.74 Å². The lowest BCUT2D eigenvalue weighted by molar-refractivity contribution is 0.310. The second-order valence-corrected chi connectivity index (χ2v) is 8.23. The van der Waals surface area contributed by atoms with E-state index in [0.717, 1.165) is 48.7 Å². The molecule has 0 radical (unpaired) electrons. The molecule has 2 aromatic heterocycles. The molecular weight excluding hydrogens is 426 g/mol. The van der Waals surface area contributed by atoms with Crippen LogP contribution in [-0.4, -0.2) is 63.0 Å². The Morgan fingerprint density at radius 1 is 0.706 bits per heavy atom. The van der Waals surface area contributed by atoms with E-state index in [0.29, 0.717) is 18.2 Å². The smallest absolute Gasteiger partial charge is 0.329 e. The Bertz CT molecular complexity index is 1180. The summed E-state index contributed by atoms with van der Waals surface area (Å²) < 4.78 is 6.08. The topological polar surface area (TPSA) is 80.2 Å². The van der Waals surface area contributed by atoms with Gasteiger partial charge in [0.05, 0.1) is 11.4 Å². The van der Waals surface area contributed by atoms with E-state index in [2.05, 4.69) is 41.8 Å². The molecule has 0 aliphatic carbocycles. The Morgan fingerprint density at radius 2 is 1.26 bits per heavy atom. The van der Waals surface area contributed by atoms with Gasteiger partial charge in [0.1, 0.15) is 5.82 Å². The largest absolute Gasteiger partial charge is 0.388 e. The zero-order chi connectivity index (χ0) is 23.3. The third kappa shape index (κ3) is 5.02. The molecule has 2 aromatic carbocycles. The third-order valence-corrected chi connectivity index (χ3v) is 5.78. The van der Waals surface area contributed by atoms with Crippen LogP contribution in [-0.2, 0) is 6.42 Å². The maximum atomic E-state index is 6.08. The molecule has 0 unspecified atom stereocenters. The quantitative estimate of drug-likeness (QED) is 0.432. The van der Waals surface area contributed by atoms with E-state index < -0.39 is 0 Å². The van der Waals surface area contributed by atoms with Crippen molar-refractivity contribution in [2.24, 2.45) is 0 Å². The molecule has 0 N–H and O–H groups in total. The summed E-state index contributed by atoms with van der Waals surface area (Å²) in [5.41, 5.74) is 3.51. The Kier molecular flexibility index (Phi) is 6.40. The van der Waals surface area contributed by atoms with Crippen LogP contribution in [0.3, 0.4) is 0 Å². The van der Waals surface area contributed by atoms with Gasteiger partial charge < -0.3 is 14.5 Å². The Balaban J connectivity index is 1.52. The van der Waals surface area contributed by atoms with E-state index in [1.165, 1.54) is 0 Å². The first kappa shape index (κ1) is 21.9. The summed E-state index contributed by atoms with van der Waals surface area (Å²) in [4.78, 5) is 27.6. The van der Waals surface area contributed by atoms with Crippen molar-refractivity contribution < 1.29 is 4.74 Å². The van der Waals surface area contributed by atoms with E-state index >= 15 is 0 Å². The van der Waals surface area contributed by atoms with E-state index in [1.807, 2.05) is 73.7 Å². The molecule has 34 heavy (non-hydrogen) atoms. The van der Waals surface area contributed by atoms with Gasteiger partial charge in [-0.15, -0.1) is 0 Å². The molecule has 172 valence electrons. The predicted molar refractivity (Wildman–Crippen MR) is 132 cm³/mol. The van der Waals surface area contributed by atoms with Gasteiger partial charge in [-0.25, -0.2) is 0 Å². The number of nitrogens with zero attached hydrogens (tertiary/aromatic N) is 7. The van der Waals surface area contributed by atoms with Gasteiger partial charge in [-0.05, 0) is 13.1 Å². The molecule has 3 heterocycles. The van der Waals surface area contributed by atoms with Crippen LogP contribution in [0.5, 0.6) is 12.0 Å². The van der Waals surface area contributed by atoms with E-state index in [9.17, 15) is 0 Å². The van der Waals surface area contributed by atoms with Crippen molar-refractivity contribution in [3.8, 4) is 34.5 Å².